The van der Waals surface area contributed by atoms with Crippen LogP contribution in [0.4, 0.5) is 0 Å². The highest BCUT2D eigenvalue weighted by Crippen LogP contribution is 2.18. The summed E-state index contributed by atoms with van der Waals surface area (Å²) in [6, 6.07) is 5.93. The third-order valence-electron chi connectivity index (χ3n) is 2.35. The molecule has 0 bridgehead atoms. The van der Waals surface area contributed by atoms with Gasteiger partial charge >= 0.3 is 5.97 Å². The lowest BCUT2D eigenvalue weighted by atomic mass is 10.3. The van der Waals surface area contributed by atoms with E-state index in [9.17, 15) is 13.2 Å². The van der Waals surface area contributed by atoms with Gasteiger partial charge in [-0.1, -0.05) is 6.58 Å². The highest BCUT2D eigenvalue weighted by Gasteiger charge is 2.20. The van der Waals surface area contributed by atoms with E-state index in [-0.39, 0.29) is 17.1 Å². The molecule has 0 aliphatic carbocycles. The number of sulfone groups is 1. The average molecular weight is 284 g/mol. The molecule has 19 heavy (non-hydrogen) atoms. The number of hydrogen-bond acceptors (Lipinski definition) is 5. The Morgan fingerprint density at radius 2 is 1.84 bits per heavy atom. The normalized spacial score (nSPS) is 10.8. The van der Waals surface area contributed by atoms with Crippen molar-refractivity contribution in [3.8, 4) is 5.75 Å². The van der Waals surface area contributed by atoms with Gasteiger partial charge in [-0.05, 0) is 31.2 Å². The Hall–Kier alpha value is -1.82. The van der Waals surface area contributed by atoms with Crippen LogP contribution >= 0.6 is 0 Å². The van der Waals surface area contributed by atoms with Crippen LogP contribution in [0.3, 0.4) is 0 Å². The van der Waals surface area contributed by atoms with Gasteiger partial charge in [0.15, 0.2) is 9.84 Å². The fraction of sp³-hybridized carbons (Fsp3) is 0.308. The summed E-state index contributed by atoms with van der Waals surface area (Å²) in [7, 11) is -2.11. The number of rotatable bonds is 6. The van der Waals surface area contributed by atoms with Gasteiger partial charge in [0.25, 0.3) is 0 Å². The van der Waals surface area contributed by atoms with Crippen molar-refractivity contribution in [1.29, 1.82) is 0 Å². The van der Waals surface area contributed by atoms with Crippen LogP contribution in [0.15, 0.2) is 41.3 Å². The number of esters is 1. The van der Waals surface area contributed by atoms with Crippen LogP contribution in [-0.2, 0) is 19.4 Å². The lowest BCUT2D eigenvalue weighted by Crippen LogP contribution is -2.16. The van der Waals surface area contributed by atoms with E-state index in [4.69, 9.17) is 9.47 Å². The molecule has 0 aliphatic rings. The van der Waals surface area contributed by atoms with E-state index >= 15 is 0 Å². The fourth-order valence-corrected chi connectivity index (χ4v) is 2.68. The molecule has 0 N–H and O–H groups in total. The number of carbonyl (C=O) groups excluding carboxylic acids is 1. The minimum atomic E-state index is -3.60. The molecule has 0 spiro atoms. The molecular weight excluding hydrogens is 268 g/mol. The number of ether oxygens (including phenoxy) is 2. The number of carbonyl (C=O) groups is 1. The maximum atomic E-state index is 12.0. The molecule has 0 saturated carbocycles. The van der Waals surface area contributed by atoms with Crippen LogP contribution in [0.2, 0.25) is 0 Å². The average Bonchev–Trinajstić information content (AvgIpc) is 2.38. The van der Waals surface area contributed by atoms with Crippen molar-refractivity contribution in [3.05, 3.63) is 36.4 Å². The zero-order valence-corrected chi connectivity index (χ0v) is 11.7. The summed E-state index contributed by atoms with van der Waals surface area (Å²) in [4.78, 5) is 11.5. The second-order valence-corrected chi connectivity index (χ2v) is 5.75. The minimum Gasteiger partial charge on any atom is -0.497 e. The van der Waals surface area contributed by atoms with E-state index in [1.807, 2.05) is 0 Å². The van der Waals surface area contributed by atoms with Gasteiger partial charge < -0.3 is 9.47 Å². The van der Waals surface area contributed by atoms with E-state index in [0.29, 0.717) is 5.75 Å². The van der Waals surface area contributed by atoms with Gasteiger partial charge in [-0.15, -0.1) is 0 Å². The molecule has 0 atom stereocenters. The van der Waals surface area contributed by atoms with Gasteiger partial charge in [0.1, 0.15) is 5.75 Å². The zero-order valence-electron chi connectivity index (χ0n) is 10.9. The molecule has 0 aromatic heterocycles. The van der Waals surface area contributed by atoms with Gasteiger partial charge in [-0.3, -0.25) is 0 Å². The maximum absolute atomic E-state index is 12.0. The van der Waals surface area contributed by atoms with Crippen molar-refractivity contribution in [1.82, 2.24) is 0 Å². The standard InChI is InChI=1S/C13H16O5S/c1-4-18-13(14)10(2)9-19(15,16)12-7-5-11(17-3)6-8-12/h5-8H,2,4,9H2,1,3H3. The zero-order chi connectivity index (χ0) is 14.5. The smallest absolute Gasteiger partial charge is 0.334 e. The minimum absolute atomic E-state index is 0.0855. The lowest BCUT2D eigenvalue weighted by Gasteiger charge is -2.07. The predicted octanol–water partition coefficient (Wildman–Crippen LogP) is 1.59. The number of hydrogen-bond donors (Lipinski definition) is 0. The van der Waals surface area contributed by atoms with Crippen molar-refractivity contribution >= 4 is 15.8 Å². The van der Waals surface area contributed by atoms with Crippen molar-refractivity contribution < 1.29 is 22.7 Å². The van der Waals surface area contributed by atoms with Crippen LogP contribution in [0, 0.1) is 0 Å². The SMILES string of the molecule is C=C(CS(=O)(=O)c1ccc(OC)cc1)C(=O)OCC. The van der Waals surface area contributed by atoms with Crippen LogP contribution in [0.5, 0.6) is 5.75 Å². The molecule has 0 radical (unpaired) electrons. The summed E-state index contributed by atoms with van der Waals surface area (Å²) in [5.74, 6) is -0.596. The quantitative estimate of drug-likeness (QED) is 0.586. The van der Waals surface area contributed by atoms with Crippen molar-refractivity contribution in [3.63, 3.8) is 0 Å². The first-order valence-corrected chi connectivity index (χ1v) is 7.27. The summed E-state index contributed by atoms with van der Waals surface area (Å²) in [6.45, 7) is 5.26. The van der Waals surface area contributed by atoms with Gasteiger partial charge in [0, 0.05) is 5.57 Å². The Labute approximate surface area is 112 Å². The highest BCUT2D eigenvalue weighted by atomic mass is 32.2. The van der Waals surface area contributed by atoms with E-state index in [1.54, 1.807) is 19.1 Å². The second kappa shape index (κ2) is 6.38. The van der Waals surface area contributed by atoms with Gasteiger partial charge in [0.2, 0.25) is 0 Å². The molecule has 0 saturated heterocycles. The lowest BCUT2D eigenvalue weighted by molar-refractivity contribution is -0.138. The topological polar surface area (TPSA) is 69.7 Å². The number of methoxy groups -OCH3 is 1. The van der Waals surface area contributed by atoms with Crippen molar-refractivity contribution in [2.45, 2.75) is 11.8 Å². The molecule has 0 fully saturated rings. The molecule has 104 valence electrons. The summed E-state index contributed by atoms with van der Waals surface area (Å²) in [5.41, 5.74) is -0.0855. The number of benzene rings is 1. The first-order chi connectivity index (χ1) is 8.90. The van der Waals surface area contributed by atoms with Crippen molar-refractivity contribution in [2.24, 2.45) is 0 Å². The highest BCUT2D eigenvalue weighted by molar-refractivity contribution is 7.91. The maximum Gasteiger partial charge on any atom is 0.334 e. The summed E-state index contributed by atoms with van der Waals surface area (Å²) in [5, 5.41) is 0. The monoisotopic (exact) mass is 284 g/mol. The Morgan fingerprint density at radius 1 is 1.26 bits per heavy atom. The molecule has 1 aromatic rings. The fourth-order valence-electron chi connectivity index (χ4n) is 1.39. The molecular formula is C13H16O5S. The Morgan fingerprint density at radius 3 is 2.32 bits per heavy atom. The predicted molar refractivity (Wildman–Crippen MR) is 70.8 cm³/mol. The molecule has 0 unspecified atom stereocenters. The van der Waals surface area contributed by atoms with Crippen LogP contribution < -0.4 is 4.74 Å². The summed E-state index contributed by atoms with van der Waals surface area (Å²) >= 11 is 0. The van der Waals surface area contributed by atoms with Gasteiger partial charge in [-0.25, -0.2) is 13.2 Å². The Bertz CT molecular complexity index is 557. The van der Waals surface area contributed by atoms with Crippen LogP contribution in [0.1, 0.15) is 6.92 Å². The molecule has 0 aliphatic heterocycles. The molecule has 1 aromatic carbocycles. The largest absolute Gasteiger partial charge is 0.497 e. The summed E-state index contributed by atoms with van der Waals surface area (Å²) in [6.07, 6.45) is 0. The molecule has 6 heteroatoms. The molecule has 5 nitrogen and oxygen atoms in total. The van der Waals surface area contributed by atoms with E-state index in [0.717, 1.165) is 0 Å². The Kier molecular flexibility index (Phi) is 5.11. The first kappa shape index (κ1) is 15.2. The third kappa shape index (κ3) is 4.10. The van der Waals surface area contributed by atoms with Crippen LogP contribution in [-0.4, -0.2) is 33.9 Å². The third-order valence-corrected chi connectivity index (χ3v) is 4.07. The first-order valence-electron chi connectivity index (χ1n) is 5.62. The molecule has 1 rings (SSSR count). The van der Waals surface area contributed by atoms with Crippen LogP contribution in [0.25, 0.3) is 0 Å². The van der Waals surface area contributed by atoms with E-state index in [2.05, 4.69) is 6.58 Å². The molecule has 0 heterocycles. The summed E-state index contributed by atoms with van der Waals surface area (Å²) < 4.78 is 33.7. The second-order valence-electron chi connectivity index (χ2n) is 3.76. The van der Waals surface area contributed by atoms with Gasteiger partial charge in [0.05, 0.1) is 24.4 Å². The van der Waals surface area contributed by atoms with E-state index < -0.39 is 21.6 Å². The van der Waals surface area contributed by atoms with E-state index in [1.165, 1.54) is 19.2 Å². The Balaban J connectivity index is 2.86. The van der Waals surface area contributed by atoms with Gasteiger partial charge in [-0.2, -0.15) is 0 Å². The van der Waals surface area contributed by atoms with Crippen molar-refractivity contribution in [2.75, 3.05) is 19.5 Å². The molecule has 0 amide bonds.